The van der Waals surface area contributed by atoms with Crippen molar-refractivity contribution in [2.75, 3.05) is 13.1 Å². The van der Waals surface area contributed by atoms with E-state index in [4.69, 9.17) is 0 Å². The van der Waals surface area contributed by atoms with Crippen LogP contribution in [-0.4, -0.2) is 24.0 Å². The normalized spacial score (nSPS) is 21.7. The summed E-state index contributed by atoms with van der Waals surface area (Å²) in [5.74, 6) is 0. The molecule has 1 atom stereocenters. The third kappa shape index (κ3) is 2.76. The highest BCUT2D eigenvalue weighted by molar-refractivity contribution is 5.06. The molecule has 1 rings (SSSR count). The van der Waals surface area contributed by atoms with E-state index in [2.05, 4.69) is 18.7 Å². The number of nitrogens with zero attached hydrogens (tertiary/aromatic N) is 1. The average molecular weight is 189 g/mol. The maximum atomic E-state index is 12.2. The van der Waals surface area contributed by atoms with Gasteiger partial charge in [0.1, 0.15) is 0 Å². The molecule has 0 saturated carbocycles. The van der Waals surface area contributed by atoms with E-state index in [9.17, 15) is 8.78 Å². The minimum absolute atomic E-state index is 0.361. The fourth-order valence-corrected chi connectivity index (χ4v) is 1.68. The molecular weight excluding hydrogens is 172 g/mol. The first-order chi connectivity index (χ1) is 6.15. The van der Waals surface area contributed by atoms with E-state index in [1.165, 1.54) is 0 Å². The number of piperidine rings is 1. The van der Waals surface area contributed by atoms with E-state index in [1.807, 2.05) is 0 Å². The van der Waals surface area contributed by atoms with Crippen LogP contribution in [0.4, 0.5) is 8.78 Å². The zero-order valence-electron chi connectivity index (χ0n) is 8.32. The van der Waals surface area contributed by atoms with E-state index in [0.717, 1.165) is 19.5 Å². The number of likely N-dealkylation sites (tertiary alicyclic amines) is 1. The Balaban J connectivity index is 2.43. The summed E-state index contributed by atoms with van der Waals surface area (Å²) in [6, 6.07) is 0.532. The predicted octanol–water partition coefficient (Wildman–Crippen LogP) is 3.03. The zero-order valence-corrected chi connectivity index (χ0v) is 8.32. The molecule has 3 heteroatoms. The Morgan fingerprint density at radius 3 is 2.31 bits per heavy atom. The molecule has 0 aliphatic carbocycles. The summed E-state index contributed by atoms with van der Waals surface area (Å²) < 4.78 is 24.4. The third-order valence-electron chi connectivity index (χ3n) is 2.88. The summed E-state index contributed by atoms with van der Waals surface area (Å²) in [7, 11) is 0. The van der Waals surface area contributed by atoms with Crippen LogP contribution in [0.2, 0.25) is 0 Å². The predicted molar refractivity (Wildman–Crippen MR) is 49.8 cm³/mol. The SMILES string of the molecule is CC[C@@H](C)N1CCC(=C(F)F)CC1. The van der Waals surface area contributed by atoms with Crippen LogP contribution in [0.15, 0.2) is 11.7 Å². The van der Waals surface area contributed by atoms with Gasteiger partial charge in [-0.15, -0.1) is 0 Å². The largest absolute Gasteiger partial charge is 0.300 e. The molecule has 0 aromatic carbocycles. The van der Waals surface area contributed by atoms with Crippen LogP contribution in [0.3, 0.4) is 0 Å². The first-order valence-corrected chi connectivity index (χ1v) is 4.92. The Morgan fingerprint density at radius 2 is 1.92 bits per heavy atom. The Hall–Kier alpha value is -0.440. The fraction of sp³-hybridized carbons (Fsp3) is 0.800. The van der Waals surface area contributed by atoms with Gasteiger partial charge in [0, 0.05) is 19.1 Å². The van der Waals surface area contributed by atoms with Crippen LogP contribution in [-0.2, 0) is 0 Å². The standard InChI is InChI=1S/C10H17F2N/c1-3-8(2)13-6-4-9(5-7-13)10(11)12/h8H,3-7H2,1-2H3/t8-/m1/s1. The topological polar surface area (TPSA) is 3.24 Å². The van der Waals surface area contributed by atoms with Crippen molar-refractivity contribution in [3.05, 3.63) is 11.7 Å². The molecule has 1 aliphatic heterocycles. The van der Waals surface area contributed by atoms with E-state index < -0.39 is 6.08 Å². The van der Waals surface area contributed by atoms with Crippen molar-refractivity contribution < 1.29 is 8.78 Å². The summed E-state index contributed by atoms with van der Waals surface area (Å²) in [4.78, 5) is 2.28. The first kappa shape index (κ1) is 10.6. The van der Waals surface area contributed by atoms with Crippen LogP contribution >= 0.6 is 0 Å². The van der Waals surface area contributed by atoms with Gasteiger partial charge in [-0.3, -0.25) is 0 Å². The van der Waals surface area contributed by atoms with Crippen LogP contribution in [0.5, 0.6) is 0 Å². The van der Waals surface area contributed by atoms with Crippen LogP contribution in [0.25, 0.3) is 0 Å². The van der Waals surface area contributed by atoms with Crippen molar-refractivity contribution in [3.8, 4) is 0 Å². The van der Waals surface area contributed by atoms with Crippen molar-refractivity contribution in [3.63, 3.8) is 0 Å². The van der Waals surface area contributed by atoms with Crippen LogP contribution in [0, 0.1) is 0 Å². The van der Waals surface area contributed by atoms with Gasteiger partial charge in [0.15, 0.2) is 0 Å². The minimum Gasteiger partial charge on any atom is -0.300 e. The molecule has 0 spiro atoms. The van der Waals surface area contributed by atoms with Gasteiger partial charge in [-0.1, -0.05) is 6.92 Å². The molecule has 0 radical (unpaired) electrons. The number of hydrogen-bond donors (Lipinski definition) is 0. The lowest BCUT2D eigenvalue weighted by Gasteiger charge is -2.32. The molecule has 1 nitrogen and oxygen atoms in total. The third-order valence-corrected chi connectivity index (χ3v) is 2.88. The average Bonchev–Trinajstić information content (AvgIpc) is 2.17. The highest BCUT2D eigenvalue weighted by Gasteiger charge is 2.20. The van der Waals surface area contributed by atoms with Gasteiger partial charge in [-0.25, -0.2) is 0 Å². The molecular formula is C10H17F2N. The van der Waals surface area contributed by atoms with E-state index in [1.54, 1.807) is 0 Å². The van der Waals surface area contributed by atoms with Crippen LogP contribution < -0.4 is 0 Å². The summed E-state index contributed by atoms with van der Waals surface area (Å²) in [5, 5.41) is 0. The fourth-order valence-electron chi connectivity index (χ4n) is 1.68. The molecule has 1 saturated heterocycles. The molecule has 1 fully saturated rings. The van der Waals surface area contributed by atoms with Gasteiger partial charge in [0.25, 0.3) is 6.08 Å². The molecule has 13 heavy (non-hydrogen) atoms. The Bertz CT molecular complexity index is 187. The van der Waals surface area contributed by atoms with Gasteiger partial charge in [-0.05, 0) is 31.8 Å². The van der Waals surface area contributed by atoms with Crippen LogP contribution in [0.1, 0.15) is 33.1 Å². The maximum Gasteiger partial charge on any atom is 0.269 e. The highest BCUT2D eigenvalue weighted by Crippen LogP contribution is 2.23. The molecule has 0 unspecified atom stereocenters. The monoisotopic (exact) mass is 189 g/mol. The lowest BCUT2D eigenvalue weighted by atomic mass is 10.0. The molecule has 1 aliphatic rings. The lowest BCUT2D eigenvalue weighted by molar-refractivity contribution is 0.186. The molecule has 0 aromatic heterocycles. The quantitative estimate of drug-likeness (QED) is 0.645. The first-order valence-electron chi connectivity index (χ1n) is 4.92. The molecule has 0 aromatic rings. The second-order valence-corrected chi connectivity index (χ2v) is 3.66. The summed E-state index contributed by atoms with van der Waals surface area (Å²) in [5.41, 5.74) is 0.361. The van der Waals surface area contributed by atoms with E-state index >= 15 is 0 Å². The summed E-state index contributed by atoms with van der Waals surface area (Å²) in [6.07, 6.45) is 0.736. The van der Waals surface area contributed by atoms with Crippen molar-refractivity contribution in [1.82, 2.24) is 4.90 Å². The number of hydrogen-bond acceptors (Lipinski definition) is 1. The van der Waals surface area contributed by atoms with Gasteiger partial charge in [-0.2, -0.15) is 8.78 Å². The second kappa shape index (κ2) is 4.70. The smallest absolute Gasteiger partial charge is 0.269 e. The van der Waals surface area contributed by atoms with Gasteiger partial charge < -0.3 is 4.90 Å². The molecule has 76 valence electrons. The van der Waals surface area contributed by atoms with Gasteiger partial charge in [0.2, 0.25) is 0 Å². The number of rotatable bonds is 2. The molecule has 1 heterocycles. The molecule has 0 N–H and O–H groups in total. The van der Waals surface area contributed by atoms with Crippen molar-refractivity contribution in [2.45, 2.75) is 39.2 Å². The van der Waals surface area contributed by atoms with Crippen molar-refractivity contribution in [2.24, 2.45) is 0 Å². The van der Waals surface area contributed by atoms with E-state index in [-0.39, 0.29) is 0 Å². The molecule has 0 bridgehead atoms. The minimum atomic E-state index is -1.45. The van der Waals surface area contributed by atoms with Gasteiger partial charge >= 0.3 is 0 Å². The molecule has 0 amide bonds. The van der Waals surface area contributed by atoms with Gasteiger partial charge in [0.05, 0.1) is 0 Å². The van der Waals surface area contributed by atoms with Crippen molar-refractivity contribution >= 4 is 0 Å². The van der Waals surface area contributed by atoms with E-state index in [0.29, 0.717) is 24.5 Å². The lowest BCUT2D eigenvalue weighted by Crippen LogP contribution is -2.37. The summed E-state index contributed by atoms with van der Waals surface area (Å²) in [6.45, 7) is 5.87. The summed E-state index contributed by atoms with van der Waals surface area (Å²) >= 11 is 0. The Morgan fingerprint density at radius 1 is 1.38 bits per heavy atom. The Labute approximate surface area is 78.4 Å². The number of halogens is 2. The Kier molecular flexibility index (Phi) is 3.85. The van der Waals surface area contributed by atoms with Crippen molar-refractivity contribution in [1.29, 1.82) is 0 Å². The second-order valence-electron chi connectivity index (χ2n) is 3.66. The maximum absolute atomic E-state index is 12.2. The zero-order chi connectivity index (χ0) is 9.84. The highest BCUT2D eigenvalue weighted by atomic mass is 19.3.